The largest absolute Gasteiger partial charge is 0.443 e. The number of imidazole rings is 2. The second kappa shape index (κ2) is 7.44. The summed E-state index contributed by atoms with van der Waals surface area (Å²) < 4.78 is 52.7. The van der Waals surface area contributed by atoms with E-state index in [9.17, 15) is 23.3 Å². The summed E-state index contributed by atoms with van der Waals surface area (Å²) in [6.45, 7) is 0.724. The Morgan fingerprint density at radius 3 is 2.73 bits per heavy atom. The number of aromatic nitrogens is 4. The van der Waals surface area contributed by atoms with E-state index in [4.69, 9.17) is 9.47 Å². The second-order valence-electron chi connectivity index (χ2n) is 6.74. The zero-order chi connectivity index (χ0) is 21.5. The molecule has 0 N–H and O–H groups in total. The van der Waals surface area contributed by atoms with E-state index in [1.54, 1.807) is 17.8 Å². The third-order valence-corrected chi connectivity index (χ3v) is 4.73. The molecule has 0 radical (unpaired) electrons. The number of rotatable bonds is 5. The van der Waals surface area contributed by atoms with Gasteiger partial charge in [0.15, 0.2) is 0 Å². The lowest BCUT2D eigenvalue weighted by Crippen LogP contribution is -2.32. The van der Waals surface area contributed by atoms with Crippen molar-refractivity contribution in [1.29, 1.82) is 0 Å². The molecule has 0 fully saturated rings. The first-order chi connectivity index (χ1) is 14.2. The van der Waals surface area contributed by atoms with Gasteiger partial charge in [-0.3, -0.25) is 4.57 Å². The topological polar surface area (TPSA) is 97.2 Å². The summed E-state index contributed by atoms with van der Waals surface area (Å²) in [6, 6.07) is 4.95. The van der Waals surface area contributed by atoms with Crippen molar-refractivity contribution in [3.8, 4) is 17.4 Å². The maximum Gasteiger partial charge on any atom is 0.416 e. The zero-order valence-electron chi connectivity index (χ0n) is 15.7. The summed E-state index contributed by atoms with van der Waals surface area (Å²) in [6.07, 6.45) is -1.87. The molecule has 0 unspecified atom stereocenters. The Hall–Kier alpha value is -3.41. The Labute approximate surface area is 167 Å². The average Bonchev–Trinajstić information content (AvgIpc) is 3.29. The number of nitrogens with zero attached hydrogens (tertiary/aromatic N) is 5. The fourth-order valence-electron chi connectivity index (χ4n) is 3.12. The molecule has 0 amide bonds. The molecule has 158 valence electrons. The molecule has 0 saturated carbocycles. The van der Waals surface area contributed by atoms with Gasteiger partial charge in [0.25, 0.3) is 0 Å². The minimum Gasteiger partial charge on any atom is -0.443 e. The van der Waals surface area contributed by atoms with E-state index in [2.05, 4.69) is 9.97 Å². The van der Waals surface area contributed by atoms with Crippen molar-refractivity contribution in [2.75, 3.05) is 6.61 Å². The maximum absolute atomic E-state index is 12.7. The van der Waals surface area contributed by atoms with E-state index in [0.717, 1.165) is 12.1 Å². The molecule has 9 nitrogen and oxygen atoms in total. The molecule has 0 aliphatic carbocycles. The van der Waals surface area contributed by atoms with Crippen LogP contribution in [-0.4, -0.2) is 36.7 Å². The van der Waals surface area contributed by atoms with Gasteiger partial charge in [-0.05, 0) is 17.1 Å². The molecule has 1 aliphatic heterocycles. The molecule has 1 atom stereocenters. The van der Waals surface area contributed by atoms with Gasteiger partial charge in [-0.2, -0.15) is 13.2 Å². The Kier molecular flexibility index (Phi) is 4.94. The summed E-state index contributed by atoms with van der Waals surface area (Å²) in [5.74, 6) is 0.216. The highest BCUT2D eigenvalue weighted by atomic mass is 19.4. The highest BCUT2D eigenvalue weighted by Crippen LogP contribution is 2.31. The normalized spacial score (nSPS) is 16.2. The van der Waals surface area contributed by atoms with Crippen molar-refractivity contribution >= 4 is 5.82 Å². The van der Waals surface area contributed by atoms with Crippen LogP contribution < -0.4 is 4.74 Å². The molecule has 0 saturated heterocycles. The van der Waals surface area contributed by atoms with Gasteiger partial charge in [-0.25, -0.2) is 4.98 Å². The van der Waals surface area contributed by atoms with Crippen LogP contribution >= 0.6 is 0 Å². The molecular formula is C18H16F3N5O4. The van der Waals surface area contributed by atoms with Crippen LogP contribution in [0, 0.1) is 10.1 Å². The van der Waals surface area contributed by atoms with Crippen LogP contribution in [0.1, 0.15) is 11.3 Å². The third-order valence-electron chi connectivity index (χ3n) is 4.73. The predicted molar refractivity (Wildman–Crippen MR) is 96.6 cm³/mol. The number of benzene rings is 1. The Morgan fingerprint density at radius 2 is 2.07 bits per heavy atom. The van der Waals surface area contributed by atoms with E-state index in [0.29, 0.717) is 23.6 Å². The van der Waals surface area contributed by atoms with Crippen LogP contribution in [0.15, 0.2) is 36.7 Å². The molecule has 12 heteroatoms. The van der Waals surface area contributed by atoms with Crippen LogP contribution in [0.4, 0.5) is 19.0 Å². The number of ether oxygens (including phenoxy) is 2. The monoisotopic (exact) mass is 423 g/mol. The maximum atomic E-state index is 12.7. The molecule has 3 aromatic rings. The van der Waals surface area contributed by atoms with Gasteiger partial charge in [0.05, 0.1) is 30.6 Å². The summed E-state index contributed by atoms with van der Waals surface area (Å²) in [4.78, 5) is 18.3. The SMILES string of the molecule is Cn1c(CO[C@@H]2COc3nc([N+](=O)[O-])cn3C2)cnc1-c1ccc(C(F)(F)F)cc1. The van der Waals surface area contributed by atoms with Crippen LogP contribution in [0.25, 0.3) is 11.4 Å². The number of fused-ring (bicyclic) bond motifs is 1. The smallest absolute Gasteiger partial charge is 0.416 e. The van der Waals surface area contributed by atoms with Crippen molar-refractivity contribution in [1.82, 2.24) is 19.1 Å². The molecule has 3 heterocycles. The molecule has 30 heavy (non-hydrogen) atoms. The van der Waals surface area contributed by atoms with Gasteiger partial charge < -0.3 is 24.2 Å². The number of nitro groups is 1. The zero-order valence-corrected chi connectivity index (χ0v) is 15.7. The summed E-state index contributed by atoms with van der Waals surface area (Å²) in [5.41, 5.74) is 0.542. The van der Waals surface area contributed by atoms with E-state index in [-0.39, 0.29) is 31.1 Å². The second-order valence-corrected chi connectivity index (χ2v) is 6.74. The van der Waals surface area contributed by atoms with Crippen LogP contribution in [0.3, 0.4) is 0 Å². The highest BCUT2D eigenvalue weighted by Gasteiger charge is 2.30. The van der Waals surface area contributed by atoms with Crippen molar-refractivity contribution in [3.63, 3.8) is 0 Å². The Bertz CT molecular complexity index is 1070. The first-order valence-corrected chi connectivity index (χ1v) is 8.86. The third kappa shape index (κ3) is 3.85. The quantitative estimate of drug-likeness (QED) is 0.462. The predicted octanol–water partition coefficient (Wildman–Crippen LogP) is 3.19. The Morgan fingerprint density at radius 1 is 1.33 bits per heavy atom. The van der Waals surface area contributed by atoms with E-state index >= 15 is 0 Å². The van der Waals surface area contributed by atoms with Crippen LogP contribution in [-0.2, 0) is 31.1 Å². The van der Waals surface area contributed by atoms with Gasteiger partial charge in [-0.1, -0.05) is 12.1 Å². The summed E-state index contributed by atoms with van der Waals surface area (Å²) >= 11 is 0. The molecule has 0 spiro atoms. The Balaban J connectivity index is 1.42. The van der Waals surface area contributed by atoms with E-state index < -0.39 is 16.7 Å². The van der Waals surface area contributed by atoms with Crippen molar-refractivity contribution < 1.29 is 27.6 Å². The molecular weight excluding hydrogens is 407 g/mol. The average molecular weight is 423 g/mol. The first kappa shape index (κ1) is 19.9. The minimum absolute atomic E-state index is 0.173. The van der Waals surface area contributed by atoms with Crippen molar-refractivity contribution in [3.05, 3.63) is 58.0 Å². The lowest BCUT2D eigenvalue weighted by atomic mass is 10.1. The van der Waals surface area contributed by atoms with Gasteiger partial charge in [0.2, 0.25) is 0 Å². The fraction of sp³-hybridized carbons (Fsp3) is 0.333. The highest BCUT2D eigenvalue weighted by molar-refractivity contribution is 5.56. The summed E-state index contributed by atoms with van der Waals surface area (Å²) in [5, 5.41) is 10.8. The van der Waals surface area contributed by atoms with Crippen molar-refractivity contribution in [2.24, 2.45) is 7.05 Å². The van der Waals surface area contributed by atoms with Crippen LogP contribution in [0.2, 0.25) is 0 Å². The first-order valence-electron chi connectivity index (χ1n) is 8.86. The van der Waals surface area contributed by atoms with E-state index in [1.807, 2.05) is 0 Å². The lowest BCUT2D eigenvalue weighted by Gasteiger charge is -2.22. The standard InChI is InChI=1S/C18H16F3N5O4/c1-24-13(6-22-16(24)11-2-4-12(5-3-11)18(19,20)21)9-29-14-7-25-8-15(26(27)28)23-17(25)30-10-14/h2-6,8,14H,7,9-10H2,1H3/t14-/m0/s1. The number of alkyl halides is 3. The molecule has 1 aliphatic rings. The molecule has 2 aromatic heterocycles. The van der Waals surface area contributed by atoms with Gasteiger partial charge in [0.1, 0.15) is 24.7 Å². The van der Waals surface area contributed by atoms with Gasteiger partial charge >= 0.3 is 18.0 Å². The van der Waals surface area contributed by atoms with Gasteiger partial charge in [-0.15, -0.1) is 0 Å². The molecule has 4 rings (SSSR count). The summed E-state index contributed by atoms with van der Waals surface area (Å²) in [7, 11) is 1.74. The number of halogens is 3. The van der Waals surface area contributed by atoms with E-state index in [1.165, 1.54) is 22.9 Å². The molecule has 1 aromatic carbocycles. The number of hydrogen-bond donors (Lipinski definition) is 0. The number of hydrogen-bond acceptors (Lipinski definition) is 6. The van der Waals surface area contributed by atoms with Crippen molar-refractivity contribution in [2.45, 2.75) is 25.4 Å². The minimum atomic E-state index is -4.39. The van der Waals surface area contributed by atoms with Crippen LogP contribution in [0.5, 0.6) is 6.01 Å². The fourth-order valence-corrected chi connectivity index (χ4v) is 3.12. The lowest BCUT2D eigenvalue weighted by molar-refractivity contribution is -0.389. The van der Waals surface area contributed by atoms with Gasteiger partial charge in [0, 0.05) is 17.6 Å². The molecule has 0 bridgehead atoms.